The molecule has 1 aliphatic heterocycles. The normalized spacial score (nSPS) is 16.0. The molecule has 1 heterocycles. The van der Waals surface area contributed by atoms with Crippen LogP contribution >= 0.6 is 0 Å². The van der Waals surface area contributed by atoms with E-state index in [9.17, 15) is 19.2 Å². The maximum Gasteiger partial charge on any atom is 0.338 e. The largest absolute Gasteiger partial charge is 0.351 e. The van der Waals surface area contributed by atoms with Crippen molar-refractivity contribution in [2.24, 2.45) is 5.41 Å². The molecule has 1 N–H and O–H groups in total. The molecule has 0 aromatic heterocycles. The summed E-state index contributed by atoms with van der Waals surface area (Å²) in [5.74, 6) is -1.80. The van der Waals surface area contributed by atoms with E-state index in [1.54, 1.807) is 20.8 Å². The van der Waals surface area contributed by atoms with Crippen LogP contribution in [0.5, 0.6) is 0 Å². The van der Waals surface area contributed by atoms with Gasteiger partial charge in [-0.05, 0) is 34.1 Å². The fourth-order valence-electron chi connectivity index (χ4n) is 2.55. The standard InChI is InChI=1S/C15H24N2O5/c1-6-10(18)16-15(4,5)9-14(2,3)13(21)22-17-11(19)7-8-12(17)20/h6-9H2,1-5H3,(H,16,18). The van der Waals surface area contributed by atoms with Crippen molar-refractivity contribution >= 4 is 23.7 Å². The van der Waals surface area contributed by atoms with Crippen LogP contribution < -0.4 is 5.32 Å². The zero-order valence-corrected chi connectivity index (χ0v) is 13.8. The quantitative estimate of drug-likeness (QED) is 0.747. The molecule has 7 heteroatoms. The van der Waals surface area contributed by atoms with Crippen molar-refractivity contribution in [3.8, 4) is 0 Å². The van der Waals surface area contributed by atoms with Gasteiger partial charge >= 0.3 is 5.97 Å². The van der Waals surface area contributed by atoms with Gasteiger partial charge in [0.25, 0.3) is 11.8 Å². The maximum absolute atomic E-state index is 12.3. The first-order valence-corrected chi connectivity index (χ1v) is 7.38. The Morgan fingerprint density at radius 1 is 1.14 bits per heavy atom. The summed E-state index contributed by atoms with van der Waals surface area (Å²) in [6, 6.07) is 0. The van der Waals surface area contributed by atoms with Crippen molar-refractivity contribution in [2.75, 3.05) is 0 Å². The molecule has 124 valence electrons. The second-order valence-electron chi connectivity index (χ2n) is 6.81. The Kier molecular flexibility index (Phi) is 5.32. The minimum absolute atomic E-state index is 0.0601. The van der Waals surface area contributed by atoms with Crippen molar-refractivity contribution in [2.45, 2.75) is 65.8 Å². The lowest BCUT2D eigenvalue weighted by atomic mass is 9.80. The summed E-state index contributed by atoms with van der Waals surface area (Å²) in [7, 11) is 0. The number of imide groups is 1. The predicted molar refractivity (Wildman–Crippen MR) is 78.1 cm³/mol. The Balaban J connectivity index is 2.72. The van der Waals surface area contributed by atoms with Crippen molar-refractivity contribution < 1.29 is 24.0 Å². The van der Waals surface area contributed by atoms with Crippen LogP contribution in [0.25, 0.3) is 0 Å². The molecule has 3 amide bonds. The second kappa shape index (κ2) is 6.46. The van der Waals surface area contributed by atoms with Gasteiger partial charge in [-0.15, -0.1) is 5.06 Å². The number of amides is 3. The minimum atomic E-state index is -0.965. The first kappa shape index (κ1) is 18.1. The fourth-order valence-corrected chi connectivity index (χ4v) is 2.55. The third kappa shape index (κ3) is 4.54. The van der Waals surface area contributed by atoms with Gasteiger partial charge in [-0.1, -0.05) is 6.92 Å². The highest BCUT2D eigenvalue weighted by Crippen LogP contribution is 2.30. The minimum Gasteiger partial charge on any atom is -0.351 e. The van der Waals surface area contributed by atoms with E-state index in [1.165, 1.54) is 0 Å². The predicted octanol–water partition coefficient (Wildman–Crippen LogP) is 1.31. The highest BCUT2D eigenvalue weighted by molar-refractivity contribution is 6.01. The SMILES string of the molecule is CCC(=O)NC(C)(C)CC(C)(C)C(=O)ON1C(=O)CCC1=O. The van der Waals surface area contributed by atoms with E-state index in [-0.39, 0.29) is 18.7 Å². The number of hydroxylamine groups is 2. The van der Waals surface area contributed by atoms with Crippen molar-refractivity contribution in [1.29, 1.82) is 0 Å². The van der Waals surface area contributed by atoms with E-state index < -0.39 is 28.7 Å². The van der Waals surface area contributed by atoms with Gasteiger partial charge in [-0.2, -0.15) is 0 Å². The fraction of sp³-hybridized carbons (Fsp3) is 0.733. The average Bonchev–Trinajstić information content (AvgIpc) is 2.68. The summed E-state index contributed by atoms with van der Waals surface area (Å²) in [6.45, 7) is 8.67. The van der Waals surface area contributed by atoms with Gasteiger partial charge in [0, 0.05) is 24.8 Å². The second-order valence-corrected chi connectivity index (χ2v) is 6.81. The molecule has 0 aromatic carbocycles. The van der Waals surface area contributed by atoms with Gasteiger partial charge in [0.2, 0.25) is 5.91 Å². The third-order valence-corrected chi connectivity index (χ3v) is 3.42. The molecule has 0 unspecified atom stereocenters. The van der Waals surface area contributed by atoms with Crippen LogP contribution in [0.2, 0.25) is 0 Å². The lowest BCUT2D eigenvalue weighted by Crippen LogP contribution is -2.48. The lowest BCUT2D eigenvalue weighted by Gasteiger charge is -2.34. The van der Waals surface area contributed by atoms with Crippen molar-refractivity contribution in [3.05, 3.63) is 0 Å². The third-order valence-electron chi connectivity index (χ3n) is 3.42. The van der Waals surface area contributed by atoms with E-state index in [0.717, 1.165) is 0 Å². The number of carbonyl (C=O) groups excluding carboxylic acids is 4. The van der Waals surface area contributed by atoms with Crippen LogP contribution in [0, 0.1) is 5.41 Å². The highest BCUT2D eigenvalue weighted by Gasteiger charge is 2.41. The molecule has 0 bridgehead atoms. The Hall–Kier alpha value is -1.92. The van der Waals surface area contributed by atoms with Crippen LogP contribution in [-0.2, 0) is 24.0 Å². The molecule has 1 aliphatic rings. The number of rotatable bonds is 6. The van der Waals surface area contributed by atoms with Crippen molar-refractivity contribution in [1.82, 2.24) is 10.4 Å². The summed E-state index contributed by atoms with van der Waals surface area (Å²) in [4.78, 5) is 51.7. The van der Waals surface area contributed by atoms with Crippen LogP contribution in [0.15, 0.2) is 0 Å². The first-order chi connectivity index (χ1) is 9.98. The first-order valence-electron chi connectivity index (χ1n) is 7.38. The Morgan fingerprint density at radius 2 is 1.64 bits per heavy atom. The molecule has 1 saturated heterocycles. The number of nitrogens with one attached hydrogen (secondary N) is 1. The average molecular weight is 312 g/mol. The summed E-state index contributed by atoms with van der Waals surface area (Å²) in [5, 5.41) is 3.38. The zero-order valence-electron chi connectivity index (χ0n) is 13.8. The van der Waals surface area contributed by atoms with E-state index in [0.29, 0.717) is 17.9 Å². The van der Waals surface area contributed by atoms with Gasteiger partial charge in [0.05, 0.1) is 5.41 Å². The Morgan fingerprint density at radius 3 is 2.09 bits per heavy atom. The molecular formula is C15H24N2O5. The monoisotopic (exact) mass is 312 g/mol. The van der Waals surface area contributed by atoms with Crippen LogP contribution in [0.1, 0.15) is 60.3 Å². The zero-order chi connectivity index (χ0) is 17.1. The number of nitrogens with zero attached hydrogens (tertiary/aromatic N) is 1. The van der Waals surface area contributed by atoms with E-state index in [1.807, 2.05) is 13.8 Å². The Labute approximate surface area is 130 Å². The van der Waals surface area contributed by atoms with E-state index >= 15 is 0 Å². The summed E-state index contributed by atoms with van der Waals surface area (Å²) >= 11 is 0. The van der Waals surface area contributed by atoms with Crippen molar-refractivity contribution in [3.63, 3.8) is 0 Å². The molecule has 22 heavy (non-hydrogen) atoms. The molecule has 0 spiro atoms. The van der Waals surface area contributed by atoms with Gasteiger partial charge < -0.3 is 10.2 Å². The molecule has 0 aromatic rings. The van der Waals surface area contributed by atoms with Gasteiger partial charge in [-0.3, -0.25) is 14.4 Å². The topological polar surface area (TPSA) is 92.8 Å². The molecule has 0 aliphatic carbocycles. The Bertz CT molecular complexity index is 480. The van der Waals surface area contributed by atoms with Crippen LogP contribution in [0.4, 0.5) is 0 Å². The number of hydrogen-bond acceptors (Lipinski definition) is 5. The van der Waals surface area contributed by atoms with E-state index in [2.05, 4.69) is 5.32 Å². The summed E-state index contributed by atoms with van der Waals surface area (Å²) < 4.78 is 0. The summed E-state index contributed by atoms with van der Waals surface area (Å²) in [5.41, 5.74) is -1.58. The van der Waals surface area contributed by atoms with Crippen LogP contribution in [-0.4, -0.2) is 34.3 Å². The van der Waals surface area contributed by atoms with Gasteiger partial charge in [0.15, 0.2) is 0 Å². The molecule has 1 rings (SSSR count). The van der Waals surface area contributed by atoms with Crippen LogP contribution in [0.3, 0.4) is 0 Å². The highest BCUT2D eigenvalue weighted by atomic mass is 16.7. The molecule has 0 radical (unpaired) electrons. The van der Waals surface area contributed by atoms with Gasteiger partial charge in [-0.25, -0.2) is 4.79 Å². The molecular weight excluding hydrogens is 288 g/mol. The maximum atomic E-state index is 12.3. The van der Waals surface area contributed by atoms with Gasteiger partial charge in [0.1, 0.15) is 0 Å². The molecule has 1 fully saturated rings. The molecule has 0 saturated carbocycles. The smallest absolute Gasteiger partial charge is 0.338 e. The lowest BCUT2D eigenvalue weighted by molar-refractivity contribution is -0.204. The molecule has 7 nitrogen and oxygen atoms in total. The summed E-state index contributed by atoms with van der Waals surface area (Å²) in [6.07, 6.45) is 0.779. The van der Waals surface area contributed by atoms with E-state index in [4.69, 9.17) is 4.84 Å². The molecule has 0 atom stereocenters. The number of hydrogen-bond donors (Lipinski definition) is 1. The number of carbonyl (C=O) groups is 4.